The van der Waals surface area contributed by atoms with Crippen molar-refractivity contribution in [3.8, 4) is 11.5 Å². The van der Waals surface area contributed by atoms with Gasteiger partial charge in [-0.25, -0.2) is 9.59 Å². The van der Waals surface area contributed by atoms with Gasteiger partial charge in [-0.15, -0.1) is 0 Å². The van der Waals surface area contributed by atoms with Gasteiger partial charge in [0.05, 0.1) is 32.1 Å². The number of ether oxygens (including phenoxy) is 4. The third-order valence-corrected chi connectivity index (χ3v) is 6.75. The van der Waals surface area contributed by atoms with Crippen molar-refractivity contribution in [2.45, 2.75) is 30.6 Å². The normalized spacial score (nSPS) is 10.6. The maximum absolute atomic E-state index is 12.7. The number of thioether (sulfide) groups is 1. The van der Waals surface area contributed by atoms with E-state index in [9.17, 15) is 14.4 Å². The largest absolute Gasteiger partial charge is 0.494 e. The van der Waals surface area contributed by atoms with Crippen LogP contribution in [0.1, 0.15) is 41.6 Å². The van der Waals surface area contributed by atoms with Crippen LogP contribution in [0.4, 0.5) is 5.69 Å². The Bertz CT molecular complexity index is 1370. The van der Waals surface area contributed by atoms with Crippen molar-refractivity contribution in [1.82, 2.24) is 0 Å². The van der Waals surface area contributed by atoms with E-state index >= 15 is 0 Å². The number of carbonyl (C=O) groups is 3. The van der Waals surface area contributed by atoms with Crippen molar-refractivity contribution < 1.29 is 33.3 Å². The van der Waals surface area contributed by atoms with Crippen LogP contribution in [0.25, 0.3) is 0 Å². The molecule has 9 heteroatoms. The Morgan fingerprint density at radius 1 is 0.651 bits per heavy atom. The summed E-state index contributed by atoms with van der Waals surface area (Å²) in [5, 5.41) is -0.0646. The summed E-state index contributed by atoms with van der Waals surface area (Å²) in [5.74, 6) is 0.595. The van der Waals surface area contributed by atoms with Crippen molar-refractivity contribution in [3.63, 3.8) is 0 Å². The zero-order valence-electron chi connectivity index (χ0n) is 23.9. The van der Waals surface area contributed by atoms with Gasteiger partial charge in [0.15, 0.2) is 0 Å². The maximum atomic E-state index is 12.7. The molecule has 224 valence electrons. The minimum Gasteiger partial charge on any atom is -0.494 e. The van der Waals surface area contributed by atoms with Gasteiger partial charge in [0.25, 0.3) is 0 Å². The summed E-state index contributed by atoms with van der Waals surface area (Å²) in [6.45, 7) is 8.42. The second-order valence-corrected chi connectivity index (χ2v) is 10.1. The first-order valence-corrected chi connectivity index (χ1v) is 14.7. The van der Waals surface area contributed by atoms with Crippen LogP contribution in [-0.4, -0.2) is 49.7 Å². The zero-order valence-corrected chi connectivity index (χ0v) is 24.8. The average Bonchev–Trinajstić information content (AvgIpc) is 3.04. The minimum absolute atomic E-state index is 0.0646. The van der Waals surface area contributed by atoms with E-state index in [0.29, 0.717) is 44.2 Å². The number of esters is 2. The first kappa shape index (κ1) is 32.9. The lowest BCUT2D eigenvalue weighted by Crippen LogP contribution is -2.04. The van der Waals surface area contributed by atoms with Crippen LogP contribution >= 0.6 is 11.8 Å². The maximum Gasteiger partial charge on any atom is 0.330 e. The molecule has 0 spiro atoms. The summed E-state index contributed by atoms with van der Waals surface area (Å²) in [5.41, 5.74) is 2.28. The molecule has 0 atom stereocenters. The van der Waals surface area contributed by atoms with Crippen molar-refractivity contribution in [2.75, 3.05) is 26.4 Å². The minimum atomic E-state index is -0.426. The Balaban J connectivity index is 1.37. The number of aliphatic imine (C=N–C) groups is 1. The summed E-state index contributed by atoms with van der Waals surface area (Å²) < 4.78 is 21.3. The SMILES string of the molecule is C=CC(=O)OCCCCOc1ccc(C=Nc2ccc(SC(=O)c3ccc(OCCCCOC(=O)C=C)cc3)cc2)cc1. The molecule has 0 saturated heterocycles. The monoisotopic (exact) mass is 601 g/mol. The van der Waals surface area contributed by atoms with Gasteiger partial charge < -0.3 is 18.9 Å². The zero-order chi connectivity index (χ0) is 30.7. The van der Waals surface area contributed by atoms with E-state index in [1.807, 2.05) is 48.5 Å². The Morgan fingerprint density at radius 3 is 1.65 bits per heavy atom. The highest BCUT2D eigenvalue weighted by Crippen LogP contribution is 2.26. The molecule has 0 aliphatic rings. The fourth-order valence-corrected chi connectivity index (χ4v) is 4.24. The van der Waals surface area contributed by atoms with E-state index < -0.39 is 11.9 Å². The van der Waals surface area contributed by atoms with Crippen LogP contribution in [0.15, 0.2) is 108 Å². The molecule has 0 unspecified atom stereocenters. The molecular formula is C34H35NO7S. The molecule has 0 aliphatic carbocycles. The lowest BCUT2D eigenvalue weighted by atomic mass is 10.2. The molecule has 0 aliphatic heterocycles. The van der Waals surface area contributed by atoms with Gasteiger partial charge in [-0.2, -0.15) is 0 Å². The molecular weight excluding hydrogens is 566 g/mol. The molecule has 3 aromatic carbocycles. The van der Waals surface area contributed by atoms with E-state index in [0.717, 1.165) is 65.1 Å². The fourth-order valence-electron chi connectivity index (χ4n) is 3.50. The summed E-state index contributed by atoms with van der Waals surface area (Å²) in [7, 11) is 0. The topological polar surface area (TPSA) is 100 Å². The molecule has 43 heavy (non-hydrogen) atoms. The summed E-state index contributed by atoms with van der Waals surface area (Å²) >= 11 is 1.15. The Labute approximate surface area is 256 Å². The van der Waals surface area contributed by atoms with Gasteiger partial charge >= 0.3 is 11.9 Å². The van der Waals surface area contributed by atoms with E-state index in [2.05, 4.69) is 18.2 Å². The Kier molecular flexibility index (Phi) is 14.3. The van der Waals surface area contributed by atoms with Crippen molar-refractivity contribution in [2.24, 2.45) is 4.99 Å². The van der Waals surface area contributed by atoms with Crippen LogP contribution in [0.2, 0.25) is 0 Å². The molecule has 3 rings (SSSR count). The van der Waals surface area contributed by atoms with E-state index in [1.165, 1.54) is 0 Å². The van der Waals surface area contributed by atoms with E-state index in [4.69, 9.17) is 18.9 Å². The van der Waals surface area contributed by atoms with E-state index in [-0.39, 0.29) is 5.12 Å². The predicted octanol–water partition coefficient (Wildman–Crippen LogP) is 7.15. The molecule has 0 radical (unpaired) electrons. The molecule has 0 N–H and O–H groups in total. The standard InChI is InChI=1S/C34H35NO7S/c1-3-32(36)41-23-7-5-21-39-29-15-9-26(10-16-29)25-35-28-13-19-31(20-14-28)43-34(38)27-11-17-30(18-12-27)40-22-6-8-24-42-33(37)4-2/h3-4,9-20,25H,1-2,5-8,21-24H2. The van der Waals surface area contributed by atoms with Gasteiger partial charge in [0.2, 0.25) is 5.12 Å². The highest BCUT2D eigenvalue weighted by Gasteiger charge is 2.09. The van der Waals surface area contributed by atoms with Gasteiger partial charge in [0.1, 0.15) is 11.5 Å². The Morgan fingerprint density at radius 2 is 1.14 bits per heavy atom. The molecule has 3 aromatic rings. The lowest BCUT2D eigenvalue weighted by Gasteiger charge is -2.07. The first-order valence-electron chi connectivity index (χ1n) is 13.9. The van der Waals surface area contributed by atoms with Crippen molar-refractivity contribution in [1.29, 1.82) is 0 Å². The summed E-state index contributed by atoms with van der Waals surface area (Å²) in [4.78, 5) is 40.1. The fraction of sp³-hybridized carbons (Fsp3) is 0.235. The lowest BCUT2D eigenvalue weighted by molar-refractivity contribution is -0.138. The molecule has 0 bridgehead atoms. The van der Waals surface area contributed by atoms with Gasteiger partial charge in [-0.3, -0.25) is 9.79 Å². The second kappa shape index (κ2) is 18.7. The van der Waals surface area contributed by atoms with E-state index in [1.54, 1.807) is 30.5 Å². The molecule has 0 fully saturated rings. The summed E-state index contributed by atoms with van der Waals surface area (Å²) in [6.07, 6.45) is 6.99. The molecule has 8 nitrogen and oxygen atoms in total. The average molecular weight is 602 g/mol. The van der Waals surface area contributed by atoms with Crippen LogP contribution in [0.3, 0.4) is 0 Å². The number of nitrogens with zero attached hydrogens (tertiary/aromatic N) is 1. The van der Waals surface area contributed by atoms with Crippen molar-refractivity contribution in [3.05, 3.63) is 109 Å². The van der Waals surface area contributed by atoms with Crippen LogP contribution in [-0.2, 0) is 19.1 Å². The Hall–Kier alpha value is -4.63. The number of carbonyl (C=O) groups excluding carboxylic acids is 3. The molecule has 0 heterocycles. The third kappa shape index (κ3) is 12.8. The number of hydrogen-bond acceptors (Lipinski definition) is 9. The third-order valence-electron chi connectivity index (χ3n) is 5.82. The highest BCUT2D eigenvalue weighted by molar-refractivity contribution is 8.14. The first-order chi connectivity index (χ1) is 21.0. The van der Waals surface area contributed by atoms with Crippen LogP contribution in [0.5, 0.6) is 11.5 Å². The predicted molar refractivity (Wildman–Crippen MR) is 169 cm³/mol. The van der Waals surface area contributed by atoms with Gasteiger partial charge in [-0.1, -0.05) is 13.2 Å². The molecule has 0 aromatic heterocycles. The van der Waals surface area contributed by atoms with Crippen molar-refractivity contribution >= 4 is 40.7 Å². The number of benzene rings is 3. The van der Waals surface area contributed by atoms with Crippen LogP contribution < -0.4 is 9.47 Å². The smallest absolute Gasteiger partial charge is 0.330 e. The quantitative estimate of drug-likeness (QED) is 0.0498. The number of rotatable bonds is 18. The molecule has 0 saturated carbocycles. The second-order valence-electron chi connectivity index (χ2n) is 9.09. The van der Waals surface area contributed by atoms with Gasteiger partial charge in [-0.05, 0) is 116 Å². The molecule has 0 amide bonds. The van der Waals surface area contributed by atoms with Crippen LogP contribution in [0, 0.1) is 0 Å². The summed E-state index contributed by atoms with van der Waals surface area (Å²) in [6, 6.07) is 22.1. The van der Waals surface area contributed by atoms with Gasteiger partial charge in [0, 0.05) is 28.8 Å². The highest BCUT2D eigenvalue weighted by atomic mass is 32.2. The number of unbranched alkanes of at least 4 members (excludes halogenated alkanes) is 2. The number of hydrogen-bond donors (Lipinski definition) is 0.